The van der Waals surface area contributed by atoms with Crippen LogP contribution < -0.4 is 0 Å². The minimum absolute atomic E-state index is 0.0865. The molecule has 1 atom stereocenters. The summed E-state index contributed by atoms with van der Waals surface area (Å²) >= 11 is 1.56. The van der Waals surface area contributed by atoms with Crippen molar-refractivity contribution in [3.05, 3.63) is 35.4 Å². The van der Waals surface area contributed by atoms with Gasteiger partial charge in [0.25, 0.3) is 0 Å². The topological polar surface area (TPSA) is 20.3 Å². The zero-order valence-electron chi connectivity index (χ0n) is 11.9. The predicted molar refractivity (Wildman–Crippen MR) is 79.8 cm³/mol. The minimum atomic E-state index is -0.579. The van der Waals surface area contributed by atoms with Gasteiger partial charge in [0.1, 0.15) is 17.0 Å². The van der Waals surface area contributed by atoms with Gasteiger partial charge in [-0.2, -0.15) is 0 Å². The molecule has 0 radical (unpaired) electrons. The Morgan fingerprint density at radius 2 is 1.95 bits per heavy atom. The summed E-state index contributed by atoms with van der Waals surface area (Å²) < 4.78 is 27.0. The van der Waals surface area contributed by atoms with Gasteiger partial charge < -0.3 is 4.90 Å². The highest BCUT2D eigenvalue weighted by molar-refractivity contribution is 7.99. The molecule has 2 aliphatic rings. The fraction of sp³-hybridized carbons (Fsp3) is 0.562. The Balaban J connectivity index is 1.80. The normalized spacial score (nSPS) is 23.5. The van der Waals surface area contributed by atoms with Gasteiger partial charge in [0.15, 0.2) is 0 Å². The van der Waals surface area contributed by atoms with Gasteiger partial charge in [0.2, 0.25) is 5.91 Å². The quantitative estimate of drug-likeness (QED) is 0.819. The summed E-state index contributed by atoms with van der Waals surface area (Å²) in [5.74, 6) is -0.0999. The van der Waals surface area contributed by atoms with Crippen molar-refractivity contribution in [2.24, 2.45) is 5.92 Å². The average Bonchev–Trinajstić information content (AvgIpc) is 2.96. The summed E-state index contributed by atoms with van der Waals surface area (Å²) in [7, 11) is 0. The lowest BCUT2D eigenvalue weighted by Gasteiger charge is -2.30. The number of benzene rings is 1. The second kappa shape index (κ2) is 6.34. The lowest BCUT2D eigenvalue weighted by atomic mass is 9.88. The third-order valence-electron chi connectivity index (χ3n) is 4.36. The van der Waals surface area contributed by atoms with Crippen LogP contribution in [0.3, 0.4) is 0 Å². The summed E-state index contributed by atoms with van der Waals surface area (Å²) in [6, 6.07) is 3.63. The van der Waals surface area contributed by atoms with Crippen LogP contribution in [0.5, 0.6) is 0 Å². The van der Waals surface area contributed by atoms with E-state index in [2.05, 4.69) is 0 Å². The van der Waals surface area contributed by atoms with Crippen molar-refractivity contribution in [3.8, 4) is 0 Å². The maximum Gasteiger partial charge on any atom is 0.226 e. The predicted octanol–water partition coefficient (Wildman–Crippen LogP) is 4.12. The largest absolute Gasteiger partial charge is 0.325 e. The molecule has 0 spiro atoms. The van der Waals surface area contributed by atoms with Crippen LogP contribution in [-0.2, 0) is 4.79 Å². The summed E-state index contributed by atoms with van der Waals surface area (Å²) in [6.45, 7) is 0.654. The first-order chi connectivity index (χ1) is 10.2. The lowest BCUT2D eigenvalue weighted by Crippen LogP contribution is -2.36. The molecule has 0 aromatic heterocycles. The van der Waals surface area contributed by atoms with E-state index >= 15 is 0 Å². The number of hydrogen-bond donors (Lipinski definition) is 0. The molecule has 1 aromatic rings. The average molecular weight is 311 g/mol. The Morgan fingerprint density at radius 1 is 1.19 bits per heavy atom. The lowest BCUT2D eigenvalue weighted by molar-refractivity contribution is -0.136. The van der Waals surface area contributed by atoms with Crippen LogP contribution >= 0.6 is 11.8 Å². The molecule has 2 fully saturated rings. The molecular weight excluding hydrogens is 292 g/mol. The highest BCUT2D eigenvalue weighted by atomic mass is 32.2. The molecule has 0 unspecified atom stereocenters. The molecule has 3 rings (SSSR count). The molecule has 114 valence electrons. The van der Waals surface area contributed by atoms with E-state index in [0.29, 0.717) is 12.1 Å². The third-order valence-corrected chi connectivity index (χ3v) is 5.60. The zero-order chi connectivity index (χ0) is 14.8. The van der Waals surface area contributed by atoms with Gasteiger partial charge in [0.05, 0.1) is 0 Å². The van der Waals surface area contributed by atoms with Gasteiger partial charge in [-0.05, 0) is 18.9 Å². The molecule has 1 amide bonds. The van der Waals surface area contributed by atoms with Crippen LogP contribution in [0.4, 0.5) is 8.78 Å². The Kier molecular flexibility index (Phi) is 4.48. The molecule has 1 saturated heterocycles. The molecule has 1 saturated carbocycles. The van der Waals surface area contributed by atoms with Gasteiger partial charge in [-0.25, -0.2) is 8.78 Å². The fourth-order valence-corrected chi connectivity index (χ4v) is 4.52. The molecule has 5 heteroatoms. The maximum atomic E-state index is 14.0. The Bertz CT molecular complexity index is 531. The van der Waals surface area contributed by atoms with Crippen LogP contribution in [0.25, 0.3) is 0 Å². The summed E-state index contributed by atoms with van der Waals surface area (Å²) in [4.78, 5) is 14.5. The summed E-state index contributed by atoms with van der Waals surface area (Å²) in [6.07, 6.45) is 5.30. The number of carbonyl (C=O) groups excluding carboxylic acids is 1. The highest BCUT2D eigenvalue weighted by Gasteiger charge is 2.36. The maximum absolute atomic E-state index is 14.0. The van der Waals surface area contributed by atoms with Crippen LogP contribution in [0.2, 0.25) is 0 Å². The molecule has 1 heterocycles. The zero-order valence-corrected chi connectivity index (χ0v) is 12.7. The van der Waals surface area contributed by atoms with Crippen molar-refractivity contribution >= 4 is 17.7 Å². The second-order valence-electron chi connectivity index (χ2n) is 5.76. The van der Waals surface area contributed by atoms with E-state index in [9.17, 15) is 13.6 Å². The number of halogens is 2. The van der Waals surface area contributed by atoms with Crippen molar-refractivity contribution in [1.29, 1.82) is 0 Å². The molecule has 1 aromatic carbocycles. The first-order valence-corrected chi connectivity index (χ1v) is 8.59. The second-order valence-corrected chi connectivity index (χ2v) is 6.94. The Hall–Kier alpha value is -1.10. The van der Waals surface area contributed by atoms with Crippen LogP contribution in [-0.4, -0.2) is 23.1 Å². The minimum Gasteiger partial charge on any atom is -0.325 e. The molecule has 2 nitrogen and oxygen atoms in total. The van der Waals surface area contributed by atoms with E-state index in [4.69, 9.17) is 0 Å². The summed E-state index contributed by atoms with van der Waals surface area (Å²) in [5, 5.41) is -0.306. The smallest absolute Gasteiger partial charge is 0.226 e. The third kappa shape index (κ3) is 3.07. The number of rotatable bonds is 2. The number of amides is 1. The van der Waals surface area contributed by atoms with E-state index in [0.717, 1.165) is 37.5 Å². The summed E-state index contributed by atoms with van der Waals surface area (Å²) in [5.41, 5.74) is 0.419. The van der Waals surface area contributed by atoms with Crippen molar-refractivity contribution in [1.82, 2.24) is 4.90 Å². The molecule has 0 bridgehead atoms. The highest BCUT2D eigenvalue weighted by Crippen LogP contribution is 2.41. The molecule has 0 N–H and O–H groups in total. The van der Waals surface area contributed by atoms with E-state index in [1.165, 1.54) is 18.6 Å². The van der Waals surface area contributed by atoms with Crippen LogP contribution in [0.15, 0.2) is 18.2 Å². The van der Waals surface area contributed by atoms with Gasteiger partial charge in [0, 0.05) is 29.8 Å². The van der Waals surface area contributed by atoms with Gasteiger partial charge >= 0.3 is 0 Å². The standard InChI is InChI=1S/C16H19F2NOS/c17-12-6-7-13(14(18)10-12)16-19(8-9-21-16)15(20)11-4-2-1-3-5-11/h6-7,10-11,16H,1-5,8-9H2/t16-/m1/s1. The fourth-order valence-electron chi connectivity index (χ4n) is 3.24. The first-order valence-electron chi connectivity index (χ1n) is 7.54. The van der Waals surface area contributed by atoms with Gasteiger partial charge in [-0.15, -0.1) is 11.8 Å². The molecule has 1 aliphatic carbocycles. The van der Waals surface area contributed by atoms with E-state index < -0.39 is 11.6 Å². The van der Waals surface area contributed by atoms with Crippen molar-refractivity contribution < 1.29 is 13.6 Å². The molecular formula is C16H19F2NOS. The van der Waals surface area contributed by atoms with E-state index in [1.807, 2.05) is 0 Å². The first kappa shape index (κ1) is 14.8. The monoisotopic (exact) mass is 311 g/mol. The number of nitrogens with zero attached hydrogens (tertiary/aromatic N) is 1. The van der Waals surface area contributed by atoms with Crippen molar-refractivity contribution in [2.75, 3.05) is 12.3 Å². The van der Waals surface area contributed by atoms with Crippen LogP contribution in [0, 0.1) is 17.6 Å². The van der Waals surface area contributed by atoms with Crippen molar-refractivity contribution in [2.45, 2.75) is 37.5 Å². The molecule has 1 aliphatic heterocycles. The van der Waals surface area contributed by atoms with E-state index in [1.54, 1.807) is 16.7 Å². The number of thioether (sulfide) groups is 1. The number of hydrogen-bond acceptors (Lipinski definition) is 2. The van der Waals surface area contributed by atoms with Gasteiger partial charge in [-0.1, -0.05) is 25.3 Å². The Morgan fingerprint density at radius 3 is 2.67 bits per heavy atom. The van der Waals surface area contributed by atoms with Crippen molar-refractivity contribution in [3.63, 3.8) is 0 Å². The van der Waals surface area contributed by atoms with Crippen LogP contribution in [0.1, 0.15) is 43.0 Å². The SMILES string of the molecule is O=C(C1CCCCC1)N1CCS[C@@H]1c1ccc(F)cc1F. The molecule has 21 heavy (non-hydrogen) atoms. The number of carbonyl (C=O) groups is 1. The van der Waals surface area contributed by atoms with Gasteiger partial charge in [-0.3, -0.25) is 4.79 Å². The Labute approximate surface area is 127 Å². The van der Waals surface area contributed by atoms with E-state index in [-0.39, 0.29) is 17.2 Å².